The first-order valence-corrected chi connectivity index (χ1v) is 7.28. The molecule has 1 atom stereocenters. The van der Waals surface area contributed by atoms with Crippen molar-refractivity contribution >= 4 is 5.91 Å². The number of nitrogens with one attached hydrogen (secondary N) is 1. The first-order chi connectivity index (χ1) is 10.8. The van der Waals surface area contributed by atoms with E-state index in [1.54, 1.807) is 17.0 Å². The fourth-order valence-electron chi connectivity index (χ4n) is 2.24. The quantitative estimate of drug-likeness (QED) is 0.894. The van der Waals surface area contributed by atoms with Crippen LogP contribution in [0.3, 0.4) is 0 Å². The molecule has 128 valence electrons. The van der Waals surface area contributed by atoms with E-state index in [0.29, 0.717) is 19.6 Å². The maximum absolute atomic E-state index is 12.2. The third kappa shape index (κ3) is 5.63. The molecule has 1 N–H and O–H groups in total. The fourth-order valence-corrected chi connectivity index (χ4v) is 2.24. The largest absolute Gasteiger partial charge is 0.480 e. The summed E-state index contributed by atoms with van der Waals surface area (Å²) < 4.78 is 46.8. The van der Waals surface area contributed by atoms with Crippen molar-refractivity contribution in [3.8, 4) is 11.5 Å². The molecule has 1 aliphatic rings. The minimum absolute atomic E-state index is 0.0358. The lowest BCUT2D eigenvalue weighted by Gasteiger charge is -2.31. The Bertz CT molecular complexity index is 537. The van der Waals surface area contributed by atoms with Crippen molar-refractivity contribution < 1.29 is 27.4 Å². The Morgan fingerprint density at radius 3 is 2.57 bits per heavy atom. The molecule has 1 aromatic carbocycles. The zero-order valence-corrected chi connectivity index (χ0v) is 12.7. The van der Waals surface area contributed by atoms with E-state index < -0.39 is 12.8 Å². The zero-order valence-electron chi connectivity index (χ0n) is 12.7. The summed E-state index contributed by atoms with van der Waals surface area (Å²) in [5.41, 5.74) is 0. The van der Waals surface area contributed by atoms with Crippen molar-refractivity contribution in [1.29, 1.82) is 0 Å². The Morgan fingerprint density at radius 1 is 1.30 bits per heavy atom. The molecule has 1 fully saturated rings. The molecule has 23 heavy (non-hydrogen) atoms. The van der Waals surface area contributed by atoms with Gasteiger partial charge in [-0.3, -0.25) is 4.79 Å². The van der Waals surface area contributed by atoms with Crippen LogP contribution in [0.15, 0.2) is 24.3 Å². The van der Waals surface area contributed by atoms with Crippen LogP contribution in [0.4, 0.5) is 13.2 Å². The number of hydrogen-bond acceptors (Lipinski definition) is 4. The molecule has 0 spiro atoms. The average Bonchev–Trinajstić information content (AvgIpc) is 2.50. The number of amides is 1. The molecular formula is C15H19F3N2O3. The van der Waals surface area contributed by atoms with Gasteiger partial charge in [-0.2, -0.15) is 13.2 Å². The first-order valence-electron chi connectivity index (χ1n) is 7.28. The molecule has 2 rings (SSSR count). The van der Waals surface area contributed by atoms with Crippen molar-refractivity contribution in [2.75, 3.05) is 32.8 Å². The SMILES string of the molecule is C[C@@H]1CN(C(=O)COc2ccccc2OCC(F)(F)F)CCN1. The summed E-state index contributed by atoms with van der Waals surface area (Å²) in [6.07, 6.45) is -4.43. The van der Waals surface area contributed by atoms with Gasteiger partial charge in [0.1, 0.15) is 0 Å². The van der Waals surface area contributed by atoms with Crippen molar-refractivity contribution in [3.63, 3.8) is 0 Å². The molecule has 0 saturated carbocycles. The van der Waals surface area contributed by atoms with Gasteiger partial charge in [0.15, 0.2) is 24.7 Å². The van der Waals surface area contributed by atoms with Gasteiger partial charge in [0.2, 0.25) is 0 Å². The van der Waals surface area contributed by atoms with Crippen molar-refractivity contribution in [2.45, 2.75) is 19.1 Å². The number of piperazine rings is 1. The van der Waals surface area contributed by atoms with Gasteiger partial charge in [0.05, 0.1) is 0 Å². The van der Waals surface area contributed by atoms with Crippen LogP contribution in [0.5, 0.6) is 11.5 Å². The molecule has 1 amide bonds. The van der Waals surface area contributed by atoms with Gasteiger partial charge in [-0.15, -0.1) is 0 Å². The number of nitrogens with zero attached hydrogens (tertiary/aromatic N) is 1. The number of halogens is 3. The van der Waals surface area contributed by atoms with E-state index >= 15 is 0 Å². The number of ether oxygens (including phenoxy) is 2. The lowest BCUT2D eigenvalue weighted by molar-refractivity contribution is -0.153. The van der Waals surface area contributed by atoms with E-state index in [2.05, 4.69) is 5.32 Å². The third-order valence-electron chi connectivity index (χ3n) is 3.31. The first kappa shape index (κ1) is 17.4. The second kappa shape index (κ2) is 7.54. The minimum atomic E-state index is -4.43. The third-order valence-corrected chi connectivity index (χ3v) is 3.31. The maximum atomic E-state index is 12.2. The predicted molar refractivity (Wildman–Crippen MR) is 77.5 cm³/mol. The van der Waals surface area contributed by atoms with Crippen LogP contribution >= 0.6 is 0 Å². The van der Waals surface area contributed by atoms with Crippen molar-refractivity contribution in [3.05, 3.63) is 24.3 Å². The second-order valence-electron chi connectivity index (χ2n) is 5.33. The zero-order chi connectivity index (χ0) is 16.9. The summed E-state index contributed by atoms with van der Waals surface area (Å²) in [5, 5.41) is 3.22. The number of carbonyl (C=O) groups excluding carboxylic acids is 1. The normalized spacial score (nSPS) is 18.6. The smallest absolute Gasteiger partial charge is 0.422 e. The van der Waals surface area contributed by atoms with E-state index in [1.807, 2.05) is 6.92 Å². The van der Waals surface area contributed by atoms with Crippen LogP contribution in [-0.2, 0) is 4.79 Å². The predicted octanol–water partition coefficient (Wildman–Crippen LogP) is 1.83. The number of benzene rings is 1. The van der Waals surface area contributed by atoms with Crippen molar-refractivity contribution in [1.82, 2.24) is 10.2 Å². The van der Waals surface area contributed by atoms with Gasteiger partial charge in [-0.05, 0) is 19.1 Å². The Kier molecular flexibility index (Phi) is 5.70. The topological polar surface area (TPSA) is 50.8 Å². The summed E-state index contributed by atoms with van der Waals surface area (Å²) in [7, 11) is 0. The fraction of sp³-hybridized carbons (Fsp3) is 0.533. The monoisotopic (exact) mass is 332 g/mol. The number of para-hydroxylation sites is 2. The van der Waals surface area contributed by atoms with Crippen molar-refractivity contribution in [2.24, 2.45) is 0 Å². The Balaban J connectivity index is 1.91. The molecule has 1 aliphatic heterocycles. The maximum Gasteiger partial charge on any atom is 0.422 e. The molecule has 0 bridgehead atoms. The summed E-state index contributed by atoms with van der Waals surface area (Å²) in [6.45, 7) is 2.20. The van der Waals surface area contributed by atoms with Gasteiger partial charge in [-0.25, -0.2) is 0 Å². The Morgan fingerprint density at radius 2 is 1.96 bits per heavy atom. The van der Waals surface area contributed by atoms with Crippen LogP contribution in [0.25, 0.3) is 0 Å². The van der Waals surface area contributed by atoms with E-state index in [4.69, 9.17) is 9.47 Å². The lowest BCUT2D eigenvalue weighted by Crippen LogP contribution is -2.52. The van der Waals surface area contributed by atoms with Gasteiger partial charge < -0.3 is 19.7 Å². The Labute approximate surface area is 132 Å². The minimum Gasteiger partial charge on any atom is -0.480 e. The summed E-state index contributed by atoms with van der Waals surface area (Å²) in [5.74, 6) is -0.122. The molecule has 0 unspecified atom stereocenters. The lowest BCUT2D eigenvalue weighted by atomic mass is 10.2. The van der Waals surface area contributed by atoms with Gasteiger partial charge in [0.25, 0.3) is 5.91 Å². The molecule has 8 heteroatoms. The highest BCUT2D eigenvalue weighted by Crippen LogP contribution is 2.28. The molecule has 1 heterocycles. The van der Waals surface area contributed by atoms with Crippen LogP contribution in [0.1, 0.15) is 6.92 Å². The molecule has 1 saturated heterocycles. The molecule has 0 aliphatic carbocycles. The summed E-state index contributed by atoms with van der Waals surface area (Å²) in [6, 6.07) is 6.19. The van der Waals surface area contributed by atoms with Crippen LogP contribution in [0, 0.1) is 0 Å². The Hall–Kier alpha value is -1.96. The summed E-state index contributed by atoms with van der Waals surface area (Å²) in [4.78, 5) is 13.8. The summed E-state index contributed by atoms with van der Waals surface area (Å²) >= 11 is 0. The number of carbonyl (C=O) groups is 1. The van der Waals surface area contributed by atoms with Crippen LogP contribution in [-0.4, -0.2) is 55.9 Å². The molecular weight excluding hydrogens is 313 g/mol. The number of alkyl halides is 3. The van der Waals surface area contributed by atoms with E-state index in [9.17, 15) is 18.0 Å². The van der Waals surface area contributed by atoms with E-state index in [0.717, 1.165) is 0 Å². The van der Waals surface area contributed by atoms with Gasteiger partial charge >= 0.3 is 6.18 Å². The van der Waals surface area contributed by atoms with Crippen LogP contribution < -0.4 is 14.8 Å². The highest BCUT2D eigenvalue weighted by molar-refractivity contribution is 5.78. The number of hydrogen-bond donors (Lipinski definition) is 1. The molecule has 0 aromatic heterocycles. The van der Waals surface area contributed by atoms with Gasteiger partial charge in [-0.1, -0.05) is 12.1 Å². The highest BCUT2D eigenvalue weighted by atomic mass is 19.4. The second-order valence-corrected chi connectivity index (χ2v) is 5.33. The molecule has 1 aromatic rings. The number of rotatable bonds is 5. The molecule has 5 nitrogen and oxygen atoms in total. The van der Waals surface area contributed by atoms with E-state index in [1.165, 1.54) is 12.1 Å². The highest BCUT2D eigenvalue weighted by Gasteiger charge is 2.29. The van der Waals surface area contributed by atoms with Gasteiger partial charge in [0, 0.05) is 25.7 Å². The molecule has 0 radical (unpaired) electrons. The van der Waals surface area contributed by atoms with Crippen LogP contribution in [0.2, 0.25) is 0 Å². The standard InChI is InChI=1S/C15H19F3N2O3/c1-11-8-20(7-6-19-11)14(21)9-22-12-4-2-3-5-13(12)23-10-15(16,17)18/h2-5,11,19H,6-10H2,1H3/t11-/m1/s1. The average molecular weight is 332 g/mol. The van der Waals surface area contributed by atoms with E-state index in [-0.39, 0.29) is 30.1 Å².